The van der Waals surface area contributed by atoms with Crippen LogP contribution in [0.5, 0.6) is 5.75 Å². The van der Waals surface area contributed by atoms with E-state index in [4.69, 9.17) is 10.00 Å². The van der Waals surface area contributed by atoms with Crippen LogP contribution in [-0.2, 0) is 4.79 Å². The van der Waals surface area contributed by atoms with Crippen molar-refractivity contribution >= 4 is 11.6 Å². The lowest BCUT2D eigenvalue weighted by molar-refractivity contribution is -0.116. The van der Waals surface area contributed by atoms with Gasteiger partial charge in [-0.15, -0.1) is 0 Å². The van der Waals surface area contributed by atoms with Crippen LogP contribution >= 0.6 is 0 Å². The van der Waals surface area contributed by atoms with Gasteiger partial charge >= 0.3 is 0 Å². The van der Waals surface area contributed by atoms with Gasteiger partial charge in [0.15, 0.2) is 0 Å². The summed E-state index contributed by atoms with van der Waals surface area (Å²) in [5.74, 6) is 0.532. The van der Waals surface area contributed by atoms with E-state index >= 15 is 0 Å². The van der Waals surface area contributed by atoms with Crippen LogP contribution in [0.25, 0.3) is 0 Å². The molecule has 5 heteroatoms. The second-order valence-corrected chi connectivity index (χ2v) is 3.61. The number of benzene rings is 1. The van der Waals surface area contributed by atoms with E-state index in [-0.39, 0.29) is 19.0 Å². The van der Waals surface area contributed by atoms with E-state index in [2.05, 4.69) is 5.32 Å². The molecule has 0 saturated carbocycles. The average Bonchev–Trinajstić information content (AvgIpc) is 2.29. The maximum atomic E-state index is 11.6. The van der Waals surface area contributed by atoms with Gasteiger partial charge in [-0.2, -0.15) is 5.26 Å². The normalized spacial score (nSPS) is 9.76. The Balaban J connectivity index is 2.53. The molecule has 0 spiro atoms. The first-order chi connectivity index (χ1) is 8.15. The van der Waals surface area contributed by atoms with Crippen LogP contribution in [0, 0.1) is 11.3 Å². The molecular formula is C12H15N3O2. The molecule has 0 aromatic heterocycles. The SMILES string of the molecule is COc1cccc(NC(=O)CN(C)CC#N)c1. The molecule has 90 valence electrons. The van der Waals surface area contributed by atoms with Crippen molar-refractivity contribution in [3.05, 3.63) is 24.3 Å². The molecule has 1 aromatic rings. The van der Waals surface area contributed by atoms with Gasteiger partial charge in [-0.25, -0.2) is 0 Å². The molecule has 0 bridgehead atoms. The zero-order chi connectivity index (χ0) is 12.7. The summed E-state index contributed by atoms with van der Waals surface area (Å²) in [6.45, 7) is 0.413. The number of anilines is 1. The fourth-order valence-corrected chi connectivity index (χ4v) is 1.32. The number of likely N-dealkylation sites (N-methyl/N-ethyl adjacent to an activating group) is 1. The highest BCUT2D eigenvalue weighted by Crippen LogP contribution is 2.16. The molecule has 0 fully saturated rings. The Morgan fingerprint density at radius 1 is 1.59 bits per heavy atom. The summed E-state index contributed by atoms with van der Waals surface area (Å²) in [5, 5.41) is 11.2. The molecule has 0 aliphatic rings. The topological polar surface area (TPSA) is 65.4 Å². The van der Waals surface area contributed by atoms with Crippen LogP contribution < -0.4 is 10.1 Å². The van der Waals surface area contributed by atoms with E-state index in [1.54, 1.807) is 43.3 Å². The van der Waals surface area contributed by atoms with Crippen LogP contribution in [0.15, 0.2) is 24.3 Å². The predicted octanol–water partition coefficient (Wildman–Crippen LogP) is 1.09. The standard InChI is InChI=1S/C12H15N3O2/c1-15(7-6-13)9-12(16)14-10-4-3-5-11(8-10)17-2/h3-5,8H,7,9H2,1-2H3,(H,14,16). The third-order valence-corrected chi connectivity index (χ3v) is 2.11. The first-order valence-electron chi connectivity index (χ1n) is 5.15. The third-order valence-electron chi connectivity index (χ3n) is 2.11. The Hall–Kier alpha value is -2.06. The zero-order valence-electron chi connectivity index (χ0n) is 9.93. The Morgan fingerprint density at radius 3 is 3.00 bits per heavy atom. The highest BCUT2D eigenvalue weighted by Gasteiger charge is 2.06. The van der Waals surface area contributed by atoms with Gasteiger partial charge in [0.1, 0.15) is 5.75 Å². The van der Waals surface area contributed by atoms with Gasteiger partial charge < -0.3 is 10.1 Å². The van der Waals surface area contributed by atoms with Gasteiger partial charge in [0.05, 0.1) is 26.3 Å². The molecule has 0 atom stereocenters. The first-order valence-corrected chi connectivity index (χ1v) is 5.15. The summed E-state index contributed by atoms with van der Waals surface area (Å²) in [5.41, 5.74) is 0.680. The molecule has 5 nitrogen and oxygen atoms in total. The predicted molar refractivity (Wildman–Crippen MR) is 64.7 cm³/mol. The number of methoxy groups -OCH3 is 1. The molecule has 1 amide bonds. The number of carbonyl (C=O) groups excluding carboxylic acids is 1. The molecule has 0 aliphatic heterocycles. The lowest BCUT2D eigenvalue weighted by Gasteiger charge is -2.12. The number of nitrogens with zero attached hydrogens (tertiary/aromatic N) is 2. The second kappa shape index (κ2) is 6.51. The van der Waals surface area contributed by atoms with Crippen molar-refractivity contribution < 1.29 is 9.53 Å². The zero-order valence-corrected chi connectivity index (χ0v) is 9.93. The minimum absolute atomic E-state index is 0.156. The molecule has 0 unspecified atom stereocenters. The average molecular weight is 233 g/mol. The van der Waals surface area contributed by atoms with Crippen molar-refractivity contribution in [1.29, 1.82) is 5.26 Å². The van der Waals surface area contributed by atoms with Crippen molar-refractivity contribution in [2.45, 2.75) is 0 Å². The van der Waals surface area contributed by atoms with Gasteiger partial charge in [0, 0.05) is 11.8 Å². The molecule has 0 saturated heterocycles. The van der Waals surface area contributed by atoms with Gasteiger partial charge in [-0.3, -0.25) is 9.69 Å². The van der Waals surface area contributed by atoms with E-state index in [0.717, 1.165) is 0 Å². The minimum Gasteiger partial charge on any atom is -0.497 e. The highest BCUT2D eigenvalue weighted by molar-refractivity contribution is 5.92. The summed E-state index contributed by atoms with van der Waals surface area (Å²) >= 11 is 0. The Morgan fingerprint density at radius 2 is 2.35 bits per heavy atom. The Bertz CT molecular complexity index is 426. The number of carbonyl (C=O) groups is 1. The van der Waals surface area contributed by atoms with Crippen molar-refractivity contribution in [3.63, 3.8) is 0 Å². The summed E-state index contributed by atoms with van der Waals surface area (Å²) < 4.78 is 5.05. The van der Waals surface area contributed by atoms with Gasteiger partial charge in [-0.1, -0.05) is 6.07 Å². The minimum atomic E-state index is -0.156. The van der Waals surface area contributed by atoms with Crippen LogP contribution in [0.4, 0.5) is 5.69 Å². The quantitative estimate of drug-likeness (QED) is 0.773. The number of nitrogens with one attached hydrogen (secondary N) is 1. The molecule has 1 aromatic carbocycles. The Labute approximate surface area is 101 Å². The molecule has 1 N–H and O–H groups in total. The van der Waals surface area contributed by atoms with Crippen molar-refractivity contribution in [1.82, 2.24) is 4.90 Å². The van der Waals surface area contributed by atoms with Crippen molar-refractivity contribution in [2.24, 2.45) is 0 Å². The third kappa shape index (κ3) is 4.53. The first kappa shape index (κ1) is 13.0. The van der Waals surface area contributed by atoms with E-state index in [0.29, 0.717) is 11.4 Å². The molecule has 1 rings (SSSR count). The molecule has 0 aliphatic carbocycles. The smallest absolute Gasteiger partial charge is 0.238 e. The van der Waals surface area contributed by atoms with E-state index in [1.165, 1.54) is 0 Å². The van der Waals surface area contributed by atoms with Crippen LogP contribution in [0.1, 0.15) is 0 Å². The van der Waals surface area contributed by atoms with E-state index in [1.807, 2.05) is 6.07 Å². The second-order valence-electron chi connectivity index (χ2n) is 3.61. The molecule has 0 radical (unpaired) electrons. The van der Waals surface area contributed by atoms with Gasteiger partial charge in [0.2, 0.25) is 5.91 Å². The maximum Gasteiger partial charge on any atom is 0.238 e. The summed E-state index contributed by atoms with van der Waals surface area (Å²) in [4.78, 5) is 13.2. The molecule has 0 heterocycles. The fourth-order valence-electron chi connectivity index (χ4n) is 1.32. The lowest BCUT2D eigenvalue weighted by atomic mass is 10.3. The van der Waals surface area contributed by atoms with Crippen molar-refractivity contribution in [3.8, 4) is 11.8 Å². The number of nitriles is 1. The monoisotopic (exact) mass is 233 g/mol. The fraction of sp³-hybridized carbons (Fsp3) is 0.333. The van der Waals surface area contributed by atoms with Crippen LogP contribution in [0.3, 0.4) is 0 Å². The highest BCUT2D eigenvalue weighted by atomic mass is 16.5. The summed E-state index contributed by atoms with van der Waals surface area (Å²) in [6.07, 6.45) is 0. The number of rotatable bonds is 5. The van der Waals surface area contributed by atoms with E-state index in [9.17, 15) is 4.79 Å². The number of amides is 1. The number of hydrogen-bond acceptors (Lipinski definition) is 4. The lowest BCUT2D eigenvalue weighted by Crippen LogP contribution is -2.30. The molecular weight excluding hydrogens is 218 g/mol. The van der Waals surface area contributed by atoms with Gasteiger partial charge in [0.25, 0.3) is 0 Å². The van der Waals surface area contributed by atoms with Crippen LogP contribution in [0.2, 0.25) is 0 Å². The number of hydrogen-bond donors (Lipinski definition) is 1. The van der Waals surface area contributed by atoms with Gasteiger partial charge in [-0.05, 0) is 19.2 Å². The maximum absolute atomic E-state index is 11.6. The van der Waals surface area contributed by atoms with Crippen LogP contribution in [-0.4, -0.2) is 38.1 Å². The van der Waals surface area contributed by atoms with Crippen molar-refractivity contribution in [2.75, 3.05) is 32.6 Å². The Kier molecular flexibility index (Phi) is 4.98. The largest absolute Gasteiger partial charge is 0.497 e. The summed E-state index contributed by atoms with van der Waals surface area (Å²) in [7, 11) is 3.29. The summed E-state index contributed by atoms with van der Waals surface area (Å²) in [6, 6.07) is 9.10. The number of ether oxygens (including phenoxy) is 1. The molecule has 17 heavy (non-hydrogen) atoms. The van der Waals surface area contributed by atoms with E-state index < -0.39 is 0 Å².